The molecule has 110 valence electrons. The molecule has 0 amide bonds. The van der Waals surface area contributed by atoms with Crippen LogP contribution in [0.4, 0.5) is 0 Å². The van der Waals surface area contributed by atoms with Gasteiger partial charge in [-0.15, -0.1) is 0 Å². The van der Waals surface area contributed by atoms with Crippen LogP contribution in [0.1, 0.15) is 31.7 Å². The molecule has 0 saturated heterocycles. The largest absolute Gasteiger partial charge is 0.304 e. The van der Waals surface area contributed by atoms with Crippen LogP contribution in [0, 0.1) is 6.92 Å². The summed E-state index contributed by atoms with van der Waals surface area (Å²) in [5.41, 5.74) is 4.81. The van der Waals surface area contributed by atoms with Gasteiger partial charge < -0.3 is 4.90 Å². The van der Waals surface area contributed by atoms with Gasteiger partial charge in [-0.25, -0.2) is 0 Å². The summed E-state index contributed by atoms with van der Waals surface area (Å²) in [6.45, 7) is 9.45. The van der Waals surface area contributed by atoms with Crippen molar-refractivity contribution in [2.45, 2.75) is 39.7 Å². The lowest BCUT2D eigenvalue weighted by Crippen LogP contribution is -2.40. The monoisotopic (exact) mass is 287 g/mol. The molecule has 0 aliphatic rings. The molecular formula is C13H26ClN5. The molecule has 1 atom stereocenters. The zero-order valence-corrected chi connectivity index (χ0v) is 13.2. The molecule has 3 N–H and O–H groups in total. The molecule has 0 saturated carbocycles. The molecule has 1 heterocycles. The van der Waals surface area contributed by atoms with Crippen LogP contribution in [-0.4, -0.2) is 40.4 Å². The summed E-state index contributed by atoms with van der Waals surface area (Å²) in [4.78, 5) is 2.39. The van der Waals surface area contributed by atoms with Gasteiger partial charge in [-0.05, 0) is 33.0 Å². The van der Waals surface area contributed by atoms with E-state index in [-0.39, 0.29) is 6.04 Å². The average Bonchev–Trinajstić information content (AvgIpc) is 2.64. The normalized spacial score (nSPS) is 13.2. The van der Waals surface area contributed by atoms with E-state index in [9.17, 15) is 0 Å². The quantitative estimate of drug-likeness (QED) is 0.562. The van der Waals surface area contributed by atoms with Gasteiger partial charge in [0.15, 0.2) is 0 Å². The standard InChI is InChI=1S/C13H26ClN5/c1-5-19(6-2)8-7-11(16-15)9-12-13(14)10(3)17-18(12)4/h11,16H,5-9,15H2,1-4H3. The molecule has 1 rings (SSSR count). The zero-order valence-electron chi connectivity index (χ0n) is 12.4. The van der Waals surface area contributed by atoms with Gasteiger partial charge in [-0.1, -0.05) is 25.4 Å². The van der Waals surface area contributed by atoms with E-state index in [2.05, 4.69) is 29.3 Å². The summed E-state index contributed by atoms with van der Waals surface area (Å²) in [5.74, 6) is 5.66. The van der Waals surface area contributed by atoms with Gasteiger partial charge in [0.25, 0.3) is 0 Å². The first-order valence-electron chi connectivity index (χ1n) is 6.89. The van der Waals surface area contributed by atoms with Crippen molar-refractivity contribution in [2.75, 3.05) is 19.6 Å². The van der Waals surface area contributed by atoms with Gasteiger partial charge >= 0.3 is 0 Å². The highest BCUT2D eigenvalue weighted by molar-refractivity contribution is 6.31. The van der Waals surface area contributed by atoms with Crippen molar-refractivity contribution in [1.82, 2.24) is 20.1 Å². The van der Waals surface area contributed by atoms with Crippen LogP contribution in [0.2, 0.25) is 5.02 Å². The molecular weight excluding hydrogens is 262 g/mol. The third-order valence-corrected chi connectivity index (χ3v) is 4.12. The van der Waals surface area contributed by atoms with Crippen molar-refractivity contribution in [3.8, 4) is 0 Å². The highest BCUT2D eigenvalue weighted by Crippen LogP contribution is 2.21. The molecule has 0 bridgehead atoms. The average molecular weight is 288 g/mol. The SMILES string of the molecule is CCN(CC)CCC(Cc1c(Cl)c(C)nn1C)NN. The maximum Gasteiger partial charge on any atom is 0.0847 e. The molecule has 0 fully saturated rings. The molecule has 1 unspecified atom stereocenters. The summed E-state index contributed by atoms with van der Waals surface area (Å²) in [6, 6.07) is 0.216. The Bertz CT molecular complexity index is 387. The Hall–Kier alpha value is -0.620. The van der Waals surface area contributed by atoms with E-state index in [1.807, 2.05) is 18.7 Å². The van der Waals surface area contributed by atoms with E-state index >= 15 is 0 Å². The second-order valence-electron chi connectivity index (χ2n) is 4.85. The minimum atomic E-state index is 0.216. The minimum absolute atomic E-state index is 0.216. The number of halogens is 1. The van der Waals surface area contributed by atoms with E-state index < -0.39 is 0 Å². The van der Waals surface area contributed by atoms with Gasteiger partial charge in [0.05, 0.1) is 16.4 Å². The van der Waals surface area contributed by atoms with Crippen molar-refractivity contribution in [1.29, 1.82) is 0 Å². The second-order valence-corrected chi connectivity index (χ2v) is 5.23. The first-order valence-corrected chi connectivity index (χ1v) is 7.27. The Morgan fingerprint density at radius 1 is 1.42 bits per heavy atom. The number of rotatable bonds is 8. The minimum Gasteiger partial charge on any atom is -0.304 e. The van der Waals surface area contributed by atoms with Crippen molar-refractivity contribution in [2.24, 2.45) is 12.9 Å². The number of aromatic nitrogens is 2. The van der Waals surface area contributed by atoms with Gasteiger partial charge in [0.1, 0.15) is 0 Å². The van der Waals surface area contributed by atoms with E-state index in [4.69, 9.17) is 17.4 Å². The molecule has 6 heteroatoms. The molecule has 1 aromatic heterocycles. The van der Waals surface area contributed by atoms with Crippen molar-refractivity contribution < 1.29 is 0 Å². The molecule has 0 aliphatic carbocycles. The van der Waals surface area contributed by atoms with Gasteiger partial charge in [-0.3, -0.25) is 16.0 Å². The van der Waals surface area contributed by atoms with E-state index in [0.29, 0.717) is 0 Å². The van der Waals surface area contributed by atoms with Crippen molar-refractivity contribution >= 4 is 11.6 Å². The third kappa shape index (κ3) is 4.45. The molecule has 0 spiro atoms. The number of nitrogens with two attached hydrogens (primary N) is 1. The lowest BCUT2D eigenvalue weighted by Gasteiger charge is -2.22. The number of hydrazine groups is 1. The Morgan fingerprint density at radius 3 is 2.47 bits per heavy atom. The molecule has 0 aromatic carbocycles. The van der Waals surface area contributed by atoms with Crippen LogP contribution >= 0.6 is 11.6 Å². The van der Waals surface area contributed by atoms with Crippen LogP contribution in [-0.2, 0) is 13.5 Å². The lowest BCUT2D eigenvalue weighted by atomic mass is 10.1. The second kappa shape index (κ2) is 7.85. The fourth-order valence-electron chi connectivity index (χ4n) is 2.26. The number of hydrogen-bond donors (Lipinski definition) is 2. The Balaban J connectivity index is 2.61. The highest BCUT2D eigenvalue weighted by atomic mass is 35.5. The van der Waals surface area contributed by atoms with Crippen LogP contribution in [0.3, 0.4) is 0 Å². The fraction of sp³-hybridized carbons (Fsp3) is 0.769. The number of nitrogens with one attached hydrogen (secondary N) is 1. The smallest absolute Gasteiger partial charge is 0.0847 e. The summed E-state index contributed by atoms with van der Waals surface area (Å²) < 4.78 is 1.85. The van der Waals surface area contributed by atoms with Gasteiger partial charge in [-0.2, -0.15) is 5.10 Å². The Labute approximate surface area is 121 Å². The Kier molecular flexibility index (Phi) is 6.79. The molecule has 0 aliphatic heterocycles. The van der Waals surface area contributed by atoms with E-state index in [1.165, 1.54) is 0 Å². The van der Waals surface area contributed by atoms with Crippen molar-refractivity contribution in [3.05, 3.63) is 16.4 Å². The molecule has 1 aromatic rings. The first-order chi connectivity index (χ1) is 9.03. The maximum atomic E-state index is 6.27. The molecule has 0 radical (unpaired) electrons. The molecule has 5 nitrogen and oxygen atoms in total. The topological polar surface area (TPSA) is 59.1 Å². The van der Waals surface area contributed by atoms with Gasteiger partial charge in [0, 0.05) is 19.5 Å². The summed E-state index contributed by atoms with van der Waals surface area (Å²) in [5, 5.41) is 5.09. The molecule has 19 heavy (non-hydrogen) atoms. The highest BCUT2D eigenvalue weighted by Gasteiger charge is 2.16. The zero-order chi connectivity index (χ0) is 14.4. The van der Waals surface area contributed by atoms with Crippen LogP contribution in [0.5, 0.6) is 0 Å². The van der Waals surface area contributed by atoms with Crippen molar-refractivity contribution in [3.63, 3.8) is 0 Å². The Morgan fingerprint density at radius 2 is 2.05 bits per heavy atom. The predicted molar refractivity (Wildman–Crippen MR) is 80.2 cm³/mol. The fourth-order valence-corrected chi connectivity index (χ4v) is 2.50. The van der Waals surface area contributed by atoms with Crippen LogP contribution in [0.25, 0.3) is 0 Å². The van der Waals surface area contributed by atoms with Crippen LogP contribution in [0.15, 0.2) is 0 Å². The van der Waals surface area contributed by atoms with E-state index in [0.717, 1.165) is 48.9 Å². The van der Waals surface area contributed by atoms with E-state index in [1.54, 1.807) is 0 Å². The van der Waals surface area contributed by atoms with Crippen LogP contribution < -0.4 is 11.3 Å². The summed E-state index contributed by atoms with van der Waals surface area (Å²) in [7, 11) is 1.92. The number of aryl methyl sites for hydroxylation is 2. The predicted octanol–water partition coefficient (Wildman–Crippen LogP) is 1.49. The lowest BCUT2D eigenvalue weighted by molar-refractivity contribution is 0.280. The number of hydrogen-bond acceptors (Lipinski definition) is 4. The third-order valence-electron chi connectivity index (χ3n) is 3.63. The summed E-state index contributed by atoms with van der Waals surface area (Å²) in [6.07, 6.45) is 1.80. The first kappa shape index (κ1) is 16.4. The maximum absolute atomic E-state index is 6.27. The number of nitrogens with zero attached hydrogens (tertiary/aromatic N) is 3. The summed E-state index contributed by atoms with van der Waals surface area (Å²) >= 11 is 6.27. The van der Waals surface area contributed by atoms with Gasteiger partial charge in [0.2, 0.25) is 0 Å².